The van der Waals surface area contributed by atoms with Crippen LogP contribution in [0.2, 0.25) is 0 Å². The summed E-state index contributed by atoms with van der Waals surface area (Å²) in [6.07, 6.45) is 5.31. The van der Waals surface area contributed by atoms with Crippen molar-refractivity contribution < 1.29 is 8.78 Å². The van der Waals surface area contributed by atoms with Gasteiger partial charge >= 0.3 is 0 Å². The molecule has 1 aromatic rings. The summed E-state index contributed by atoms with van der Waals surface area (Å²) in [5, 5.41) is 3.14. The highest BCUT2D eigenvalue weighted by Gasteiger charge is 2.39. The minimum atomic E-state index is -0.557. The Morgan fingerprint density at radius 1 is 1.17 bits per heavy atom. The Balaban J connectivity index is 1.65. The molecule has 98 valence electrons. The molecule has 3 unspecified atom stereocenters. The second-order valence-electron chi connectivity index (χ2n) is 5.56. The Morgan fingerprint density at radius 3 is 2.67 bits per heavy atom. The third-order valence-electron chi connectivity index (χ3n) is 4.45. The number of hydrogen-bond acceptors (Lipinski definition) is 1. The third kappa shape index (κ3) is 2.27. The highest BCUT2D eigenvalue weighted by Crippen LogP contribution is 2.48. The number of benzene rings is 1. The molecule has 0 amide bonds. The average Bonchev–Trinajstić information content (AvgIpc) is 2.94. The van der Waals surface area contributed by atoms with E-state index in [2.05, 4.69) is 21.2 Å². The zero-order chi connectivity index (χ0) is 12.7. The van der Waals surface area contributed by atoms with Crippen LogP contribution in [0.15, 0.2) is 16.6 Å². The smallest absolute Gasteiger partial charge is 0.149 e. The highest BCUT2D eigenvalue weighted by atomic mass is 79.9. The molecule has 0 saturated heterocycles. The Labute approximate surface area is 114 Å². The van der Waals surface area contributed by atoms with Crippen LogP contribution in [0.4, 0.5) is 14.5 Å². The van der Waals surface area contributed by atoms with Gasteiger partial charge in [-0.2, -0.15) is 0 Å². The molecule has 2 fully saturated rings. The summed E-state index contributed by atoms with van der Waals surface area (Å²) in [5.41, 5.74) is 0.394. The van der Waals surface area contributed by atoms with E-state index in [9.17, 15) is 8.78 Å². The lowest BCUT2D eigenvalue weighted by Crippen LogP contribution is -2.20. The van der Waals surface area contributed by atoms with Gasteiger partial charge in [-0.15, -0.1) is 0 Å². The van der Waals surface area contributed by atoms with Crippen molar-refractivity contribution in [3.8, 4) is 0 Å². The van der Waals surface area contributed by atoms with Gasteiger partial charge in [0, 0.05) is 12.6 Å². The number of nitrogens with one attached hydrogen (secondary N) is 1. The van der Waals surface area contributed by atoms with E-state index in [0.717, 1.165) is 24.4 Å². The van der Waals surface area contributed by atoms with Gasteiger partial charge in [-0.3, -0.25) is 0 Å². The van der Waals surface area contributed by atoms with Gasteiger partial charge < -0.3 is 5.32 Å². The monoisotopic (exact) mass is 315 g/mol. The van der Waals surface area contributed by atoms with Crippen LogP contribution in [-0.2, 0) is 0 Å². The number of hydrogen-bond donors (Lipinski definition) is 1. The van der Waals surface area contributed by atoms with Crippen LogP contribution in [0.1, 0.15) is 25.7 Å². The number of fused-ring (bicyclic) bond motifs is 2. The highest BCUT2D eigenvalue weighted by molar-refractivity contribution is 9.10. The summed E-state index contributed by atoms with van der Waals surface area (Å²) >= 11 is 3.08. The first-order valence-corrected chi connectivity index (χ1v) is 7.31. The largest absolute Gasteiger partial charge is 0.382 e. The quantitative estimate of drug-likeness (QED) is 0.805. The summed E-state index contributed by atoms with van der Waals surface area (Å²) in [6, 6.07) is 2.41. The Hall–Kier alpha value is -0.640. The first kappa shape index (κ1) is 12.4. The van der Waals surface area contributed by atoms with E-state index >= 15 is 0 Å². The maximum Gasteiger partial charge on any atom is 0.149 e. The van der Waals surface area contributed by atoms with Gasteiger partial charge in [0.2, 0.25) is 0 Å². The molecular weight excluding hydrogens is 300 g/mol. The fraction of sp³-hybridized carbons (Fsp3) is 0.571. The maximum atomic E-state index is 13.6. The molecule has 0 heterocycles. The van der Waals surface area contributed by atoms with Crippen LogP contribution in [0.25, 0.3) is 0 Å². The standard InChI is InChI=1S/C14H16BrF2N/c15-11-5-14(13(17)6-12(11)16)18-7-10-4-8-1-2-9(10)3-8/h5-6,8-10,18H,1-4,7H2. The molecule has 2 saturated carbocycles. The molecule has 4 heteroatoms. The zero-order valence-electron chi connectivity index (χ0n) is 10.1. The second kappa shape index (κ2) is 4.80. The van der Waals surface area contributed by atoms with Crippen molar-refractivity contribution in [3.05, 3.63) is 28.2 Å². The van der Waals surface area contributed by atoms with Crippen LogP contribution < -0.4 is 5.32 Å². The normalized spacial score (nSPS) is 29.8. The van der Waals surface area contributed by atoms with E-state index in [1.807, 2.05) is 0 Å². The van der Waals surface area contributed by atoms with Gasteiger partial charge in [0.1, 0.15) is 11.6 Å². The molecule has 0 aromatic heterocycles. The summed E-state index contributed by atoms with van der Waals surface area (Å²) in [6.45, 7) is 0.802. The fourth-order valence-corrected chi connectivity index (χ4v) is 3.87. The maximum absolute atomic E-state index is 13.6. The van der Waals surface area contributed by atoms with Crippen molar-refractivity contribution in [2.24, 2.45) is 17.8 Å². The van der Waals surface area contributed by atoms with Gasteiger partial charge in [-0.25, -0.2) is 8.78 Å². The van der Waals surface area contributed by atoms with E-state index in [0.29, 0.717) is 16.1 Å². The lowest BCUT2D eigenvalue weighted by Gasteiger charge is -2.22. The van der Waals surface area contributed by atoms with Gasteiger partial charge in [-0.05, 0) is 59.0 Å². The fourth-order valence-electron chi connectivity index (χ4n) is 3.53. The molecule has 1 N–H and O–H groups in total. The molecule has 3 rings (SSSR count). The van der Waals surface area contributed by atoms with Crippen LogP contribution in [0.5, 0.6) is 0 Å². The molecule has 2 aliphatic rings. The lowest BCUT2D eigenvalue weighted by atomic mass is 9.89. The number of anilines is 1. The number of halogens is 3. The molecule has 0 spiro atoms. The Morgan fingerprint density at radius 2 is 2.00 bits per heavy atom. The summed E-state index contributed by atoms with van der Waals surface area (Å²) in [5.74, 6) is 1.30. The molecule has 0 radical (unpaired) electrons. The topological polar surface area (TPSA) is 12.0 Å². The van der Waals surface area contributed by atoms with Crippen molar-refractivity contribution in [2.45, 2.75) is 25.7 Å². The van der Waals surface area contributed by atoms with Crippen LogP contribution in [0.3, 0.4) is 0 Å². The summed E-state index contributed by atoms with van der Waals surface area (Å²) in [7, 11) is 0. The zero-order valence-corrected chi connectivity index (χ0v) is 11.6. The van der Waals surface area contributed by atoms with Crippen molar-refractivity contribution in [3.63, 3.8) is 0 Å². The summed E-state index contributed by atoms with van der Waals surface area (Å²) in [4.78, 5) is 0. The SMILES string of the molecule is Fc1cc(F)c(NCC2CC3CCC2C3)cc1Br. The molecule has 0 aliphatic heterocycles. The minimum absolute atomic E-state index is 0.305. The molecule has 1 aromatic carbocycles. The van der Waals surface area contributed by atoms with Crippen LogP contribution in [-0.4, -0.2) is 6.54 Å². The predicted molar refractivity (Wildman–Crippen MR) is 71.5 cm³/mol. The Kier molecular flexibility index (Phi) is 3.31. The molecule has 2 bridgehead atoms. The van der Waals surface area contributed by atoms with Gasteiger partial charge in [0.25, 0.3) is 0 Å². The van der Waals surface area contributed by atoms with Crippen LogP contribution in [0, 0.1) is 29.4 Å². The molecular formula is C14H16BrF2N. The van der Waals surface area contributed by atoms with Crippen molar-refractivity contribution in [1.82, 2.24) is 0 Å². The molecule has 2 aliphatic carbocycles. The summed E-state index contributed by atoms with van der Waals surface area (Å²) < 4.78 is 27.0. The lowest BCUT2D eigenvalue weighted by molar-refractivity contribution is 0.348. The number of rotatable bonds is 3. The van der Waals surface area contributed by atoms with Crippen molar-refractivity contribution in [2.75, 3.05) is 11.9 Å². The minimum Gasteiger partial charge on any atom is -0.382 e. The molecule has 18 heavy (non-hydrogen) atoms. The third-order valence-corrected chi connectivity index (χ3v) is 5.06. The van der Waals surface area contributed by atoms with E-state index in [4.69, 9.17) is 0 Å². The average molecular weight is 316 g/mol. The van der Waals surface area contributed by atoms with E-state index in [1.54, 1.807) is 0 Å². The Bertz CT molecular complexity index is 463. The van der Waals surface area contributed by atoms with E-state index in [1.165, 1.54) is 31.7 Å². The first-order valence-electron chi connectivity index (χ1n) is 6.52. The van der Waals surface area contributed by atoms with Crippen molar-refractivity contribution in [1.29, 1.82) is 0 Å². The molecule has 3 atom stereocenters. The van der Waals surface area contributed by atoms with Gasteiger partial charge in [-0.1, -0.05) is 6.42 Å². The molecule has 1 nitrogen and oxygen atoms in total. The first-order chi connectivity index (χ1) is 8.63. The van der Waals surface area contributed by atoms with E-state index < -0.39 is 11.6 Å². The van der Waals surface area contributed by atoms with E-state index in [-0.39, 0.29) is 0 Å². The van der Waals surface area contributed by atoms with Gasteiger partial charge in [0.05, 0.1) is 10.2 Å². The predicted octanol–water partition coefficient (Wildman–Crippen LogP) is 4.58. The van der Waals surface area contributed by atoms with Gasteiger partial charge in [0.15, 0.2) is 0 Å². The van der Waals surface area contributed by atoms with Crippen LogP contribution >= 0.6 is 15.9 Å². The second-order valence-corrected chi connectivity index (χ2v) is 6.42. The van der Waals surface area contributed by atoms with Crippen molar-refractivity contribution >= 4 is 21.6 Å².